The lowest BCUT2D eigenvalue weighted by atomic mass is 10.0. The van der Waals surface area contributed by atoms with E-state index in [0.717, 1.165) is 28.0 Å². The van der Waals surface area contributed by atoms with Crippen LogP contribution in [-0.4, -0.2) is 39.3 Å². The highest BCUT2D eigenvalue weighted by Gasteiger charge is 2.17. The molecule has 17 heavy (non-hydrogen) atoms. The molecule has 1 atom stereocenters. The Hall–Kier alpha value is -0.740. The van der Waals surface area contributed by atoms with Crippen molar-refractivity contribution >= 4 is 15.9 Å². The van der Waals surface area contributed by atoms with E-state index in [9.17, 15) is 0 Å². The molecule has 1 aromatic rings. The van der Waals surface area contributed by atoms with Crippen molar-refractivity contribution in [2.45, 2.75) is 19.4 Å². The number of halogens is 1. The van der Waals surface area contributed by atoms with Crippen LogP contribution in [0.5, 0.6) is 11.5 Å². The molecule has 1 unspecified atom stereocenters. The highest BCUT2D eigenvalue weighted by Crippen LogP contribution is 2.36. The Bertz CT molecular complexity index is 380. The molecule has 0 amide bonds. The van der Waals surface area contributed by atoms with E-state index >= 15 is 0 Å². The van der Waals surface area contributed by atoms with Gasteiger partial charge in [-0.15, -0.1) is 0 Å². The van der Waals surface area contributed by atoms with Gasteiger partial charge in [-0.1, -0.05) is 0 Å². The van der Waals surface area contributed by atoms with Gasteiger partial charge in [0.2, 0.25) is 0 Å². The molecule has 0 saturated carbocycles. The lowest BCUT2D eigenvalue weighted by Crippen LogP contribution is -2.27. The summed E-state index contributed by atoms with van der Waals surface area (Å²) < 4.78 is 11.8. The summed E-state index contributed by atoms with van der Waals surface area (Å²) in [5.74, 6) is 1.73. The van der Waals surface area contributed by atoms with Crippen LogP contribution in [0, 0.1) is 0 Å². The van der Waals surface area contributed by atoms with Gasteiger partial charge in [-0.2, -0.15) is 0 Å². The van der Waals surface area contributed by atoms with Crippen LogP contribution in [-0.2, 0) is 6.42 Å². The van der Waals surface area contributed by atoms with Crippen LogP contribution in [0.2, 0.25) is 0 Å². The van der Waals surface area contributed by atoms with Gasteiger partial charge in [-0.3, -0.25) is 0 Å². The van der Waals surface area contributed by atoms with Gasteiger partial charge in [0.15, 0.2) is 0 Å². The molecular formula is C13H20BrNO2. The standard InChI is InChI=1S/C13H20BrNO2/c1-9(15(2)3)8-10-12(16-4)7-6-11(14)13(10)17-5/h6-7,9H,8H2,1-5H3. The van der Waals surface area contributed by atoms with Crippen LogP contribution in [0.15, 0.2) is 16.6 Å². The van der Waals surface area contributed by atoms with E-state index in [2.05, 4.69) is 41.8 Å². The molecule has 0 fully saturated rings. The largest absolute Gasteiger partial charge is 0.496 e. The number of likely N-dealkylation sites (N-methyl/N-ethyl adjacent to an activating group) is 1. The number of ether oxygens (including phenoxy) is 2. The molecule has 0 aliphatic carbocycles. The molecule has 0 aromatic heterocycles. The summed E-state index contributed by atoms with van der Waals surface area (Å²) in [6.07, 6.45) is 0.888. The van der Waals surface area contributed by atoms with Gasteiger partial charge in [0, 0.05) is 11.6 Å². The second-order valence-electron chi connectivity index (χ2n) is 4.28. The number of benzene rings is 1. The van der Waals surface area contributed by atoms with Crippen LogP contribution < -0.4 is 9.47 Å². The van der Waals surface area contributed by atoms with E-state index in [4.69, 9.17) is 9.47 Å². The van der Waals surface area contributed by atoms with Crippen LogP contribution in [0.3, 0.4) is 0 Å². The summed E-state index contributed by atoms with van der Waals surface area (Å²) in [5, 5.41) is 0. The molecule has 0 bridgehead atoms. The molecule has 1 rings (SSSR count). The van der Waals surface area contributed by atoms with Gasteiger partial charge in [0.25, 0.3) is 0 Å². The minimum Gasteiger partial charge on any atom is -0.496 e. The van der Waals surface area contributed by atoms with Crippen molar-refractivity contribution in [1.82, 2.24) is 4.90 Å². The number of rotatable bonds is 5. The predicted molar refractivity (Wildman–Crippen MR) is 74.1 cm³/mol. The first-order valence-electron chi connectivity index (χ1n) is 5.57. The van der Waals surface area contributed by atoms with Crippen molar-refractivity contribution in [2.75, 3.05) is 28.3 Å². The molecule has 1 aromatic carbocycles. The van der Waals surface area contributed by atoms with Crippen LogP contribution in [0.1, 0.15) is 12.5 Å². The van der Waals surface area contributed by atoms with E-state index in [-0.39, 0.29) is 0 Å². The number of nitrogens with zero attached hydrogens (tertiary/aromatic N) is 1. The number of hydrogen-bond acceptors (Lipinski definition) is 3. The Morgan fingerprint density at radius 2 is 1.88 bits per heavy atom. The summed E-state index contributed by atoms with van der Waals surface area (Å²) in [6, 6.07) is 4.33. The molecule has 0 radical (unpaired) electrons. The lowest BCUT2D eigenvalue weighted by Gasteiger charge is -2.22. The first-order chi connectivity index (χ1) is 8.01. The van der Waals surface area contributed by atoms with Crippen molar-refractivity contribution < 1.29 is 9.47 Å². The Morgan fingerprint density at radius 1 is 1.24 bits per heavy atom. The first kappa shape index (κ1) is 14.3. The predicted octanol–water partition coefficient (Wildman–Crippen LogP) is 2.96. The Morgan fingerprint density at radius 3 is 2.35 bits per heavy atom. The van der Waals surface area contributed by atoms with E-state index in [0.29, 0.717) is 6.04 Å². The second kappa shape index (κ2) is 6.26. The third-order valence-corrected chi connectivity index (χ3v) is 3.60. The Balaban J connectivity index is 3.13. The maximum atomic E-state index is 5.45. The van der Waals surface area contributed by atoms with Gasteiger partial charge in [-0.05, 0) is 55.5 Å². The average molecular weight is 302 g/mol. The fourth-order valence-electron chi connectivity index (χ4n) is 1.66. The molecule has 0 aliphatic rings. The van der Waals surface area contributed by atoms with Crippen LogP contribution >= 0.6 is 15.9 Å². The van der Waals surface area contributed by atoms with E-state index in [1.165, 1.54) is 0 Å². The zero-order chi connectivity index (χ0) is 13.0. The van der Waals surface area contributed by atoms with Gasteiger partial charge < -0.3 is 14.4 Å². The minimum atomic E-state index is 0.423. The fourth-order valence-corrected chi connectivity index (χ4v) is 2.20. The summed E-state index contributed by atoms with van der Waals surface area (Å²) in [5.41, 5.74) is 1.10. The molecule has 0 aliphatic heterocycles. The zero-order valence-electron chi connectivity index (χ0n) is 11.1. The minimum absolute atomic E-state index is 0.423. The zero-order valence-corrected chi connectivity index (χ0v) is 12.7. The molecule has 0 N–H and O–H groups in total. The molecule has 96 valence electrons. The smallest absolute Gasteiger partial charge is 0.139 e. The maximum absolute atomic E-state index is 5.45. The normalized spacial score (nSPS) is 12.6. The highest BCUT2D eigenvalue weighted by molar-refractivity contribution is 9.10. The average Bonchev–Trinajstić information content (AvgIpc) is 2.29. The number of methoxy groups -OCH3 is 2. The molecule has 0 saturated heterocycles. The first-order valence-corrected chi connectivity index (χ1v) is 6.36. The van der Waals surface area contributed by atoms with Crippen molar-refractivity contribution in [2.24, 2.45) is 0 Å². The Kier molecular flexibility index (Phi) is 5.28. The van der Waals surface area contributed by atoms with Crippen LogP contribution in [0.4, 0.5) is 0 Å². The van der Waals surface area contributed by atoms with Gasteiger partial charge in [0.05, 0.1) is 18.7 Å². The summed E-state index contributed by atoms with van der Waals surface area (Å²) >= 11 is 3.50. The van der Waals surface area contributed by atoms with E-state index in [1.54, 1.807) is 14.2 Å². The molecule has 4 heteroatoms. The van der Waals surface area contributed by atoms with Crippen molar-refractivity contribution in [3.63, 3.8) is 0 Å². The van der Waals surface area contributed by atoms with E-state index in [1.807, 2.05) is 12.1 Å². The lowest BCUT2D eigenvalue weighted by molar-refractivity contribution is 0.303. The molecular weight excluding hydrogens is 282 g/mol. The second-order valence-corrected chi connectivity index (χ2v) is 5.13. The molecule has 0 heterocycles. The molecule has 0 spiro atoms. The van der Waals surface area contributed by atoms with Crippen molar-refractivity contribution in [1.29, 1.82) is 0 Å². The fraction of sp³-hybridized carbons (Fsp3) is 0.538. The Labute approximate surface area is 112 Å². The maximum Gasteiger partial charge on any atom is 0.139 e. The number of hydrogen-bond donors (Lipinski definition) is 0. The quantitative estimate of drug-likeness (QED) is 0.834. The summed E-state index contributed by atoms with van der Waals surface area (Å²) in [4.78, 5) is 2.18. The van der Waals surface area contributed by atoms with Gasteiger partial charge >= 0.3 is 0 Å². The van der Waals surface area contributed by atoms with Gasteiger partial charge in [-0.25, -0.2) is 0 Å². The topological polar surface area (TPSA) is 21.7 Å². The SMILES string of the molecule is COc1ccc(Br)c(OC)c1CC(C)N(C)C. The monoisotopic (exact) mass is 301 g/mol. The highest BCUT2D eigenvalue weighted by atomic mass is 79.9. The van der Waals surface area contributed by atoms with Crippen molar-refractivity contribution in [3.8, 4) is 11.5 Å². The third kappa shape index (κ3) is 3.36. The van der Waals surface area contributed by atoms with E-state index < -0.39 is 0 Å². The molecule has 3 nitrogen and oxygen atoms in total. The summed E-state index contributed by atoms with van der Waals surface area (Å²) in [6.45, 7) is 2.18. The summed E-state index contributed by atoms with van der Waals surface area (Å²) in [7, 11) is 7.51. The van der Waals surface area contributed by atoms with Crippen molar-refractivity contribution in [3.05, 3.63) is 22.2 Å². The van der Waals surface area contributed by atoms with Crippen LogP contribution in [0.25, 0.3) is 0 Å². The van der Waals surface area contributed by atoms with Gasteiger partial charge in [0.1, 0.15) is 11.5 Å². The third-order valence-electron chi connectivity index (χ3n) is 2.97.